The molecule has 0 aliphatic carbocycles. The molecular weight excluding hydrogens is 436 g/mol. The molecule has 36 heavy (non-hydrogen) atoms. The van der Waals surface area contributed by atoms with Crippen LogP contribution in [0.15, 0.2) is 120 Å². The normalized spacial score (nSPS) is 11.9. The third kappa shape index (κ3) is 3.09. The Hall–Kier alpha value is -4.36. The predicted octanol–water partition coefficient (Wildman–Crippen LogP) is 10.3. The number of para-hydroxylation sites is 2. The fourth-order valence-corrected chi connectivity index (χ4v) is 5.71. The average Bonchev–Trinajstić information content (AvgIpc) is 3.31. The van der Waals surface area contributed by atoms with E-state index in [-0.39, 0.29) is 0 Å². The van der Waals surface area contributed by atoms with Crippen molar-refractivity contribution in [1.29, 1.82) is 0 Å². The van der Waals surface area contributed by atoms with Gasteiger partial charge in [-0.3, -0.25) is 0 Å². The molecule has 6 aromatic carbocycles. The molecule has 0 aliphatic rings. The summed E-state index contributed by atoms with van der Waals surface area (Å²) in [4.78, 5) is 0. The lowest BCUT2D eigenvalue weighted by Gasteiger charge is -2.18. The zero-order valence-corrected chi connectivity index (χ0v) is 20.5. The van der Waals surface area contributed by atoms with Gasteiger partial charge in [0.15, 0.2) is 0 Å². The monoisotopic (exact) mass is 462 g/mol. The lowest BCUT2D eigenvalue weighted by atomic mass is 9.85. The van der Waals surface area contributed by atoms with Gasteiger partial charge in [-0.15, -0.1) is 0 Å². The number of furan rings is 1. The van der Waals surface area contributed by atoms with Crippen LogP contribution in [0.3, 0.4) is 0 Å². The van der Waals surface area contributed by atoms with Gasteiger partial charge in [0.2, 0.25) is 0 Å². The third-order valence-corrected chi connectivity index (χ3v) is 7.47. The Labute approximate surface area is 210 Å². The van der Waals surface area contributed by atoms with Crippen LogP contribution in [-0.4, -0.2) is 0 Å². The Balaban J connectivity index is 1.61. The molecule has 0 fully saturated rings. The maximum absolute atomic E-state index is 6.49. The number of benzene rings is 6. The second-order valence-electron chi connectivity index (χ2n) is 9.90. The van der Waals surface area contributed by atoms with Crippen LogP contribution < -0.4 is 0 Å². The van der Waals surface area contributed by atoms with Crippen LogP contribution in [0.5, 0.6) is 0 Å². The van der Waals surface area contributed by atoms with Gasteiger partial charge in [0.25, 0.3) is 0 Å². The highest BCUT2D eigenvalue weighted by Crippen LogP contribution is 2.46. The summed E-state index contributed by atoms with van der Waals surface area (Å²) in [7, 11) is 0. The molecule has 7 rings (SSSR count). The molecule has 1 nitrogen and oxygen atoms in total. The molecule has 0 unspecified atom stereocenters. The molecule has 7 aromatic rings. The number of hydrogen-bond acceptors (Lipinski definition) is 1. The zero-order valence-electron chi connectivity index (χ0n) is 20.5. The van der Waals surface area contributed by atoms with Crippen molar-refractivity contribution in [2.75, 3.05) is 0 Å². The van der Waals surface area contributed by atoms with Crippen molar-refractivity contribution in [1.82, 2.24) is 0 Å². The van der Waals surface area contributed by atoms with E-state index in [1.54, 1.807) is 0 Å². The first kappa shape index (κ1) is 21.0. The maximum atomic E-state index is 6.49. The zero-order chi connectivity index (χ0) is 24.2. The summed E-state index contributed by atoms with van der Waals surface area (Å²) >= 11 is 0. The maximum Gasteiger partial charge on any atom is 0.143 e. The van der Waals surface area contributed by atoms with Gasteiger partial charge in [0.05, 0.1) is 0 Å². The molecule has 172 valence electrons. The first-order chi connectivity index (χ1) is 17.7. The molecule has 1 heterocycles. The van der Waals surface area contributed by atoms with E-state index < -0.39 is 0 Å². The molecule has 0 aliphatic heterocycles. The van der Waals surface area contributed by atoms with Crippen LogP contribution in [-0.2, 0) is 0 Å². The standard InChI is InChI=1S/C35H26O/c1-22(2)23-18-20-24(21-19-23)33-26-11-3-5-13-28(26)34(29-14-6-4-12-27(29)33)31-16-9-15-30-25-10-7-8-17-32(25)36-35(30)31/h3-22H,1-2H3. The van der Waals surface area contributed by atoms with Crippen molar-refractivity contribution >= 4 is 43.5 Å². The van der Waals surface area contributed by atoms with Gasteiger partial charge in [-0.2, -0.15) is 0 Å². The Morgan fingerprint density at radius 1 is 0.472 bits per heavy atom. The quantitative estimate of drug-likeness (QED) is 0.238. The summed E-state index contributed by atoms with van der Waals surface area (Å²) in [6.45, 7) is 4.49. The average molecular weight is 463 g/mol. The molecule has 0 spiro atoms. The molecule has 0 radical (unpaired) electrons. The van der Waals surface area contributed by atoms with Crippen LogP contribution in [0.1, 0.15) is 25.3 Å². The fraction of sp³-hybridized carbons (Fsp3) is 0.0857. The van der Waals surface area contributed by atoms with Gasteiger partial charge in [-0.1, -0.05) is 123 Å². The highest BCUT2D eigenvalue weighted by molar-refractivity contribution is 6.24. The molecule has 0 saturated heterocycles. The molecular formula is C35H26O. The van der Waals surface area contributed by atoms with Crippen molar-refractivity contribution in [3.8, 4) is 22.3 Å². The van der Waals surface area contributed by atoms with Crippen molar-refractivity contribution in [3.05, 3.63) is 121 Å². The number of fused-ring (bicyclic) bond motifs is 5. The summed E-state index contributed by atoms with van der Waals surface area (Å²) in [6.07, 6.45) is 0. The summed E-state index contributed by atoms with van der Waals surface area (Å²) in [5, 5.41) is 7.32. The van der Waals surface area contributed by atoms with Crippen LogP contribution in [0.2, 0.25) is 0 Å². The molecule has 0 bridgehead atoms. The van der Waals surface area contributed by atoms with E-state index in [9.17, 15) is 0 Å². The SMILES string of the molecule is CC(C)c1ccc(-c2c3ccccc3c(-c3cccc4c3oc3ccccc34)c3ccccc23)cc1. The Bertz CT molecular complexity index is 1840. The fourth-order valence-electron chi connectivity index (χ4n) is 5.71. The number of hydrogen-bond donors (Lipinski definition) is 0. The van der Waals surface area contributed by atoms with E-state index in [4.69, 9.17) is 4.42 Å². The topological polar surface area (TPSA) is 13.1 Å². The van der Waals surface area contributed by atoms with Crippen LogP contribution in [0, 0.1) is 0 Å². The second kappa shape index (κ2) is 8.10. The first-order valence-corrected chi connectivity index (χ1v) is 12.6. The Kier molecular flexibility index (Phi) is 4.72. The summed E-state index contributed by atoms with van der Waals surface area (Å²) in [6, 6.07) is 41.6. The Morgan fingerprint density at radius 2 is 1.00 bits per heavy atom. The van der Waals surface area contributed by atoms with Gasteiger partial charge < -0.3 is 4.42 Å². The third-order valence-electron chi connectivity index (χ3n) is 7.47. The van der Waals surface area contributed by atoms with Crippen LogP contribution in [0.4, 0.5) is 0 Å². The van der Waals surface area contributed by atoms with Crippen molar-refractivity contribution in [3.63, 3.8) is 0 Å². The van der Waals surface area contributed by atoms with Crippen molar-refractivity contribution < 1.29 is 4.42 Å². The number of rotatable bonds is 3. The van der Waals surface area contributed by atoms with E-state index in [1.807, 2.05) is 6.07 Å². The molecule has 1 aromatic heterocycles. The van der Waals surface area contributed by atoms with Gasteiger partial charge in [0, 0.05) is 21.9 Å². The molecule has 0 atom stereocenters. The highest BCUT2D eigenvalue weighted by atomic mass is 16.3. The van der Waals surface area contributed by atoms with Gasteiger partial charge >= 0.3 is 0 Å². The molecule has 0 N–H and O–H groups in total. The summed E-state index contributed by atoms with van der Waals surface area (Å²) in [5.74, 6) is 0.513. The largest absolute Gasteiger partial charge is 0.455 e. The Morgan fingerprint density at radius 3 is 1.61 bits per heavy atom. The first-order valence-electron chi connectivity index (χ1n) is 12.6. The lowest BCUT2D eigenvalue weighted by Crippen LogP contribution is -1.92. The van der Waals surface area contributed by atoms with E-state index in [1.165, 1.54) is 43.8 Å². The van der Waals surface area contributed by atoms with Gasteiger partial charge in [-0.05, 0) is 50.2 Å². The summed E-state index contributed by atoms with van der Waals surface area (Å²) in [5.41, 5.74) is 8.14. The molecule has 0 amide bonds. The minimum absolute atomic E-state index is 0.513. The highest BCUT2D eigenvalue weighted by Gasteiger charge is 2.19. The van der Waals surface area contributed by atoms with Crippen LogP contribution in [0.25, 0.3) is 65.7 Å². The van der Waals surface area contributed by atoms with Crippen molar-refractivity contribution in [2.24, 2.45) is 0 Å². The molecule has 0 saturated carbocycles. The van der Waals surface area contributed by atoms with Gasteiger partial charge in [-0.25, -0.2) is 0 Å². The van der Waals surface area contributed by atoms with E-state index in [2.05, 4.69) is 123 Å². The van der Waals surface area contributed by atoms with E-state index >= 15 is 0 Å². The smallest absolute Gasteiger partial charge is 0.143 e. The second-order valence-corrected chi connectivity index (χ2v) is 9.90. The van der Waals surface area contributed by atoms with E-state index in [0.29, 0.717) is 5.92 Å². The molecule has 1 heteroatoms. The predicted molar refractivity (Wildman–Crippen MR) is 154 cm³/mol. The summed E-state index contributed by atoms with van der Waals surface area (Å²) < 4.78 is 6.49. The van der Waals surface area contributed by atoms with Gasteiger partial charge in [0.1, 0.15) is 11.2 Å². The minimum Gasteiger partial charge on any atom is -0.455 e. The van der Waals surface area contributed by atoms with E-state index in [0.717, 1.165) is 27.5 Å². The lowest BCUT2D eigenvalue weighted by molar-refractivity contribution is 0.670. The van der Waals surface area contributed by atoms with Crippen molar-refractivity contribution in [2.45, 2.75) is 19.8 Å². The minimum atomic E-state index is 0.513. The van der Waals surface area contributed by atoms with Crippen LogP contribution >= 0.6 is 0 Å².